The highest BCUT2D eigenvalue weighted by molar-refractivity contribution is 5.98. The predicted molar refractivity (Wildman–Crippen MR) is 80.7 cm³/mol. The molecule has 0 spiro atoms. The molecule has 1 atom stereocenters. The van der Waals surface area contributed by atoms with Gasteiger partial charge in [0.15, 0.2) is 5.84 Å². The van der Waals surface area contributed by atoms with E-state index in [4.69, 9.17) is 16.0 Å². The van der Waals surface area contributed by atoms with E-state index in [9.17, 15) is 4.39 Å². The third-order valence-electron chi connectivity index (χ3n) is 3.46. The first kappa shape index (κ1) is 17.4. The Morgan fingerprint density at radius 2 is 2.10 bits per heavy atom. The van der Waals surface area contributed by atoms with Gasteiger partial charge in [0.2, 0.25) is 0 Å². The van der Waals surface area contributed by atoms with Crippen molar-refractivity contribution in [2.45, 2.75) is 39.8 Å². The maximum atomic E-state index is 13.3. The summed E-state index contributed by atoms with van der Waals surface area (Å²) in [5.74, 6) is -0.566. The molecule has 0 aromatic heterocycles. The number of hydrogen-bond acceptors (Lipinski definition) is 4. The number of nitrogens with one attached hydrogen (secondary N) is 1. The summed E-state index contributed by atoms with van der Waals surface area (Å²) in [7, 11) is 0. The van der Waals surface area contributed by atoms with E-state index in [1.54, 1.807) is 6.07 Å². The molecule has 0 aliphatic carbocycles. The Labute approximate surface area is 124 Å². The zero-order valence-corrected chi connectivity index (χ0v) is 12.7. The number of amidine groups is 1. The zero-order valence-electron chi connectivity index (χ0n) is 12.7. The summed E-state index contributed by atoms with van der Waals surface area (Å²) in [4.78, 5) is 0. The van der Waals surface area contributed by atoms with E-state index in [-0.39, 0.29) is 23.9 Å². The van der Waals surface area contributed by atoms with Gasteiger partial charge >= 0.3 is 0 Å². The number of oxime groups is 1. The lowest BCUT2D eigenvalue weighted by Gasteiger charge is -2.31. The van der Waals surface area contributed by atoms with Crippen LogP contribution >= 0.6 is 0 Å². The number of aliphatic hydroxyl groups is 1. The quantitative estimate of drug-likeness (QED) is 0.279. The molecule has 1 rings (SSSR count). The fourth-order valence-electron chi connectivity index (χ4n) is 2.20. The second-order valence-corrected chi connectivity index (χ2v) is 6.10. The van der Waals surface area contributed by atoms with Gasteiger partial charge in [0.05, 0.1) is 0 Å². The molecule has 0 aliphatic rings. The van der Waals surface area contributed by atoms with Crippen LogP contribution in [-0.4, -0.2) is 28.8 Å². The Hall–Kier alpha value is -1.66. The zero-order chi connectivity index (χ0) is 16.0. The standard InChI is InChI=1S/C15H24FN3O2/c1-15(2,3)13(6-7-20)18-9-10-4-5-11(16)8-12(10)14(17)19-21/h4-5,8,13,18,20-21H,6-7,9H2,1-3H3,(H2,17,19). The molecule has 0 amide bonds. The number of halogens is 1. The summed E-state index contributed by atoms with van der Waals surface area (Å²) < 4.78 is 13.3. The predicted octanol–water partition coefficient (Wildman–Crippen LogP) is 1.81. The maximum absolute atomic E-state index is 13.3. The van der Waals surface area contributed by atoms with Gasteiger partial charge in [-0.25, -0.2) is 4.39 Å². The molecule has 0 radical (unpaired) electrons. The normalized spacial score (nSPS) is 14.2. The number of aliphatic hydroxyl groups excluding tert-OH is 1. The third kappa shape index (κ3) is 4.99. The van der Waals surface area contributed by atoms with Gasteiger partial charge in [0.1, 0.15) is 5.82 Å². The minimum atomic E-state index is -0.442. The highest BCUT2D eigenvalue weighted by Crippen LogP contribution is 2.22. The highest BCUT2D eigenvalue weighted by Gasteiger charge is 2.23. The van der Waals surface area contributed by atoms with Crippen molar-refractivity contribution in [2.75, 3.05) is 6.61 Å². The van der Waals surface area contributed by atoms with E-state index in [1.165, 1.54) is 12.1 Å². The molecule has 0 fully saturated rings. The van der Waals surface area contributed by atoms with Gasteiger partial charge in [-0.1, -0.05) is 32.0 Å². The Morgan fingerprint density at radius 3 is 2.62 bits per heavy atom. The van der Waals surface area contributed by atoms with Crippen molar-refractivity contribution >= 4 is 5.84 Å². The first-order valence-electron chi connectivity index (χ1n) is 6.90. The SMILES string of the molecule is CC(C)(C)C(CCO)NCc1ccc(F)cc1/C(N)=N/O. The molecular weight excluding hydrogens is 273 g/mol. The second-order valence-electron chi connectivity index (χ2n) is 6.10. The van der Waals surface area contributed by atoms with Gasteiger partial charge in [0, 0.05) is 24.8 Å². The fraction of sp³-hybridized carbons (Fsp3) is 0.533. The Balaban J connectivity index is 2.92. The minimum Gasteiger partial charge on any atom is -0.409 e. The van der Waals surface area contributed by atoms with E-state index in [0.29, 0.717) is 18.5 Å². The van der Waals surface area contributed by atoms with Gasteiger partial charge in [-0.2, -0.15) is 0 Å². The van der Waals surface area contributed by atoms with Crippen molar-refractivity contribution in [3.63, 3.8) is 0 Å². The summed E-state index contributed by atoms with van der Waals surface area (Å²) in [6.45, 7) is 6.76. The summed E-state index contributed by atoms with van der Waals surface area (Å²) in [5.41, 5.74) is 6.65. The number of rotatable bonds is 6. The molecule has 0 heterocycles. The van der Waals surface area contributed by atoms with Crippen LogP contribution in [0.1, 0.15) is 38.3 Å². The number of benzene rings is 1. The number of nitrogens with two attached hydrogens (primary N) is 1. The molecule has 118 valence electrons. The first-order valence-corrected chi connectivity index (χ1v) is 6.90. The fourth-order valence-corrected chi connectivity index (χ4v) is 2.20. The van der Waals surface area contributed by atoms with Crippen LogP contribution in [0.2, 0.25) is 0 Å². The van der Waals surface area contributed by atoms with E-state index in [2.05, 4.69) is 31.2 Å². The molecular formula is C15H24FN3O2. The lowest BCUT2D eigenvalue weighted by molar-refractivity contribution is 0.196. The molecule has 1 aromatic carbocycles. The van der Waals surface area contributed by atoms with Crippen LogP contribution in [0.25, 0.3) is 0 Å². The molecule has 1 unspecified atom stereocenters. The van der Waals surface area contributed by atoms with Crippen molar-refractivity contribution < 1.29 is 14.7 Å². The Bertz CT molecular complexity index is 498. The van der Waals surface area contributed by atoms with Crippen molar-refractivity contribution in [1.29, 1.82) is 0 Å². The van der Waals surface area contributed by atoms with Gasteiger partial charge in [-0.15, -0.1) is 0 Å². The third-order valence-corrected chi connectivity index (χ3v) is 3.46. The van der Waals surface area contributed by atoms with E-state index in [0.717, 1.165) is 5.56 Å². The summed E-state index contributed by atoms with van der Waals surface area (Å²) >= 11 is 0. The topological polar surface area (TPSA) is 90.9 Å². The van der Waals surface area contributed by atoms with Gasteiger partial charge < -0.3 is 21.4 Å². The van der Waals surface area contributed by atoms with Crippen molar-refractivity contribution in [3.05, 3.63) is 35.1 Å². The second kappa shape index (κ2) is 7.38. The molecule has 6 heteroatoms. The Morgan fingerprint density at radius 1 is 1.43 bits per heavy atom. The molecule has 0 saturated carbocycles. The highest BCUT2D eigenvalue weighted by atomic mass is 19.1. The van der Waals surface area contributed by atoms with Crippen LogP contribution in [-0.2, 0) is 6.54 Å². The van der Waals surface area contributed by atoms with Gasteiger partial charge in [-0.3, -0.25) is 0 Å². The monoisotopic (exact) mass is 297 g/mol. The van der Waals surface area contributed by atoms with Crippen molar-refractivity contribution in [3.8, 4) is 0 Å². The number of nitrogens with zero attached hydrogens (tertiary/aromatic N) is 1. The van der Waals surface area contributed by atoms with Crippen LogP contribution in [0.3, 0.4) is 0 Å². The van der Waals surface area contributed by atoms with Crippen LogP contribution in [0.4, 0.5) is 4.39 Å². The molecule has 5 nitrogen and oxygen atoms in total. The van der Waals surface area contributed by atoms with E-state index in [1.807, 2.05) is 0 Å². The molecule has 5 N–H and O–H groups in total. The average molecular weight is 297 g/mol. The lowest BCUT2D eigenvalue weighted by Crippen LogP contribution is -2.40. The van der Waals surface area contributed by atoms with Crippen LogP contribution in [0.15, 0.2) is 23.4 Å². The van der Waals surface area contributed by atoms with Crippen molar-refractivity contribution in [1.82, 2.24) is 5.32 Å². The maximum Gasteiger partial charge on any atom is 0.170 e. The summed E-state index contributed by atoms with van der Waals surface area (Å²) in [6.07, 6.45) is 0.615. The average Bonchev–Trinajstić information content (AvgIpc) is 2.42. The van der Waals surface area contributed by atoms with Gasteiger partial charge in [-0.05, 0) is 29.5 Å². The molecule has 0 bridgehead atoms. The van der Waals surface area contributed by atoms with Crippen LogP contribution in [0.5, 0.6) is 0 Å². The molecule has 0 aliphatic heterocycles. The number of hydrogen-bond donors (Lipinski definition) is 4. The van der Waals surface area contributed by atoms with Gasteiger partial charge in [0.25, 0.3) is 0 Å². The minimum absolute atomic E-state index is 0.0282. The first-order chi connectivity index (χ1) is 9.79. The summed E-state index contributed by atoms with van der Waals surface area (Å²) in [5, 5.41) is 24.2. The molecule has 21 heavy (non-hydrogen) atoms. The van der Waals surface area contributed by atoms with Crippen LogP contribution in [0, 0.1) is 11.2 Å². The van der Waals surface area contributed by atoms with Crippen LogP contribution < -0.4 is 11.1 Å². The summed E-state index contributed by atoms with van der Waals surface area (Å²) in [6, 6.07) is 4.27. The van der Waals surface area contributed by atoms with E-state index >= 15 is 0 Å². The Kier molecular flexibility index (Phi) is 6.11. The largest absolute Gasteiger partial charge is 0.409 e. The smallest absolute Gasteiger partial charge is 0.170 e. The molecule has 0 saturated heterocycles. The molecule has 1 aromatic rings. The van der Waals surface area contributed by atoms with E-state index < -0.39 is 5.82 Å². The van der Waals surface area contributed by atoms with Crippen molar-refractivity contribution in [2.24, 2.45) is 16.3 Å². The lowest BCUT2D eigenvalue weighted by atomic mass is 9.84.